The summed E-state index contributed by atoms with van der Waals surface area (Å²) in [5, 5.41) is 8.78. The molecule has 0 aliphatic heterocycles. The van der Waals surface area contributed by atoms with Crippen LogP contribution in [0.25, 0.3) is 11.1 Å². The molecule has 0 bridgehead atoms. The molecule has 0 heterocycles. The van der Waals surface area contributed by atoms with E-state index in [9.17, 15) is 18.0 Å². The van der Waals surface area contributed by atoms with Crippen LogP contribution in [0.3, 0.4) is 0 Å². The second kappa shape index (κ2) is 7.37. The van der Waals surface area contributed by atoms with Gasteiger partial charge in [0.05, 0.1) is 17.4 Å². The van der Waals surface area contributed by atoms with Gasteiger partial charge in [0.25, 0.3) is 0 Å². The van der Waals surface area contributed by atoms with Gasteiger partial charge in [-0.25, -0.2) is 13.1 Å². The molecule has 0 radical (unpaired) electrons. The van der Waals surface area contributed by atoms with E-state index < -0.39 is 28.5 Å². The lowest BCUT2D eigenvalue weighted by Gasteiger charge is -2.16. The Morgan fingerprint density at radius 2 is 1.83 bits per heavy atom. The molecular weight excluding hydrogens is 330 g/mol. The first-order chi connectivity index (χ1) is 11.3. The highest BCUT2D eigenvalue weighted by Crippen LogP contribution is 2.29. The highest BCUT2D eigenvalue weighted by atomic mass is 32.2. The van der Waals surface area contributed by atoms with E-state index in [4.69, 9.17) is 5.11 Å². The topological polar surface area (TPSA) is 101 Å². The Hall–Kier alpha value is -2.51. The molecule has 0 aliphatic rings. The maximum Gasteiger partial charge on any atom is 0.305 e. The van der Waals surface area contributed by atoms with Crippen LogP contribution in [0.2, 0.25) is 0 Å². The van der Waals surface area contributed by atoms with Crippen LogP contribution in [0.4, 0.5) is 0 Å². The molecule has 2 aromatic carbocycles. The number of benzene rings is 2. The Morgan fingerprint density at radius 3 is 2.42 bits per heavy atom. The Balaban J connectivity index is 2.51. The number of nitrogens with one attached hydrogen (secondary N) is 1. The summed E-state index contributed by atoms with van der Waals surface area (Å²) in [4.78, 5) is 21.8. The van der Waals surface area contributed by atoms with Crippen LogP contribution in [0, 0.1) is 6.92 Å². The van der Waals surface area contributed by atoms with E-state index in [1.165, 1.54) is 0 Å². The van der Waals surface area contributed by atoms with E-state index in [0.717, 1.165) is 0 Å². The van der Waals surface area contributed by atoms with Crippen molar-refractivity contribution in [2.75, 3.05) is 0 Å². The molecule has 2 N–H and O–H groups in total. The molecule has 7 heteroatoms. The van der Waals surface area contributed by atoms with Crippen molar-refractivity contribution in [3.63, 3.8) is 0 Å². The molecule has 0 saturated heterocycles. The van der Waals surface area contributed by atoms with Crippen molar-refractivity contribution in [2.24, 2.45) is 0 Å². The molecule has 0 fully saturated rings. The third-order valence-corrected chi connectivity index (χ3v) is 5.12. The molecule has 0 spiro atoms. The summed E-state index contributed by atoms with van der Waals surface area (Å²) in [5.74, 6) is -1.26. The highest BCUT2D eigenvalue weighted by Gasteiger charge is 2.26. The number of carboxylic acid groups (broad SMARTS) is 1. The molecule has 0 amide bonds. The van der Waals surface area contributed by atoms with Crippen LogP contribution >= 0.6 is 0 Å². The maximum atomic E-state index is 12.7. The smallest absolute Gasteiger partial charge is 0.305 e. The number of aryl methyl sites for hydroxylation is 1. The van der Waals surface area contributed by atoms with Crippen molar-refractivity contribution in [3.05, 3.63) is 54.1 Å². The van der Waals surface area contributed by atoms with E-state index in [0.29, 0.717) is 16.7 Å². The van der Waals surface area contributed by atoms with Gasteiger partial charge in [-0.15, -0.1) is 0 Å². The largest absolute Gasteiger partial charge is 0.481 e. The lowest BCUT2D eigenvalue weighted by Crippen LogP contribution is -2.38. The number of hydrogen-bond donors (Lipinski definition) is 2. The van der Waals surface area contributed by atoms with Gasteiger partial charge in [-0.1, -0.05) is 48.5 Å². The number of aldehydes is 1. The predicted octanol–water partition coefficient (Wildman–Crippen LogP) is 1.98. The molecule has 126 valence electrons. The number of carboxylic acids is 1. The molecule has 2 rings (SSSR count). The molecule has 1 atom stereocenters. The normalized spacial score (nSPS) is 12.5. The minimum Gasteiger partial charge on any atom is -0.481 e. The Labute approximate surface area is 140 Å². The summed E-state index contributed by atoms with van der Waals surface area (Å²) < 4.78 is 27.6. The molecule has 0 aliphatic carbocycles. The van der Waals surface area contributed by atoms with E-state index >= 15 is 0 Å². The number of carbonyl (C=O) groups excluding carboxylic acids is 1. The van der Waals surface area contributed by atoms with Crippen LogP contribution in [0.1, 0.15) is 12.0 Å². The molecule has 24 heavy (non-hydrogen) atoms. The van der Waals surface area contributed by atoms with Crippen LogP contribution < -0.4 is 4.72 Å². The average Bonchev–Trinajstić information content (AvgIpc) is 2.53. The lowest BCUT2D eigenvalue weighted by atomic mass is 10.0. The number of aliphatic carboxylic acids is 1. The summed E-state index contributed by atoms with van der Waals surface area (Å²) in [6.45, 7) is 1.65. The Kier molecular flexibility index (Phi) is 5.48. The average molecular weight is 347 g/mol. The van der Waals surface area contributed by atoms with Crippen molar-refractivity contribution < 1.29 is 23.1 Å². The Bertz CT molecular complexity index is 847. The third kappa shape index (κ3) is 4.06. The van der Waals surface area contributed by atoms with Gasteiger partial charge in [-0.2, -0.15) is 0 Å². The molecule has 6 nitrogen and oxygen atoms in total. The van der Waals surface area contributed by atoms with Crippen molar-refractivity contribution in [1.82, 2.24) is 4.72 Å². The van der Waals surface area contributed by atoms with Crippen LogP contribution in [-0.4, -0.2) is 31.8 Å². The summed E-state index contributed by atoms with van der Waals surface area (Å²) in [7, 11) is -4.07. The van der Waals surface area contributed by atoms with Crippen LogP contribution in [-0.2, 0) is 19.6 Å². The number of carbonyl (C=O) groups is 2. The van der Waals surface area contributed by atoms with Crippen molar-refractivity contribution >= 4 is 22.3 Å². The second-order valence-electron chi connectivity index (χ2n) is 5.28. The summed E-state index contributed by atoms with van der Waals surface area (Å²) in [6.07, 6.45) is -0.332. The first-order valence-corrected chi connectivity index (χ1v) is 8.68. The summed E-state index contributed by atoms with van der Waals surface area (Å²) in [6, 6.07) is 12.7. The van der Waals surface area contributed by atoms with Gasteiger partial charge in [0.1, 0.15) is 6.29 Å². The highest BCUT2D eigenvalue weighted by molar-refractivity contribution is 7.89. The molecule has 0 saturated carbocycles. The van der Waals surface area contributed by atoms with Gasteiger partial charge in [0.15, 0.2) is 0 Å². The van der Waals surface area contributed by atoms with Crippen molar-refractivity contribution in [2.45, 2.75) is 24.3 Å². The molecule has 1 unspecified atom stereocenters. The number of hydrogen-bond acceptors (Lipinski definition) is 4. The first kappa shape index (κ1) is 17.8. The summed E-state index contributed by atoms with van der Waals surface area (Å²) in [5.41, 5.74) is 1.70. The van der Waals surface area contributed by atoms with Crippen LogP contribution in [0.15, 0.2) is 53.4 Å². The zero-order chi connectivity index (χ0) is 17.7. The zero-order valence-corrected chi connectivity index (χ0v) is 13.8. The van der Waals surface area contributed by atoms with Crippen LogP contribution in [0.5, 0.6) is 0 Å². The Morgan fingerprint density at radius 1 is 1.17 bits per heavy atom. The minimum atomic E-state index is -4.07. The number of sulfonamides is 1. The van der Waals surface area contributed by atoms with Crippen molar-refractivity contribution in [3.8, 4) is 11.1 Å². The predicted molar refractivity (Wildman–Crippen MR) is 89.0 cm³/mol. The fraction of sp³-hybridized carbons (Fsp3) is 0.176. The zero-order valence-electron chi connectivity index (χ0n) is 13.0. The van der Waals surface area contributed by atoms with Gasteiger partial charge in [-0.3, -0.25) is 4.79 Å². The number of rotatable bonds is 7. The van der Waals surface area contributed by atoms with Gasteiger partial charge in [0.2, 0.25) is 10.0 Å². The standard InChI is InChI=1S/C17H17NO5S/c1-12-6-5-9-15(13-7-3-2-4-8-13)17(12)24(22,23)18-14(11-19)10-16(20)21/h2-9,11,14,18H,10H2,1H3,(H,20,21). The second-order valence-corrected chi connectivity index (χ2v) is 6.93. The van der Waals surface area contributed by atoms with E-state index in [-0.39, 0.29) is 11.2 Å². The van der Waals surface area contributed by atoms with Gasteiger partial charge >= 0.3 is 5.97 Å². The van der Waals surface area contributed by atoms with Gasteiger partial charge in [-0.05, 0) is 18.1 Å². The fourth-order valence-corrected chi connectivity index (χ4v) is 4.04. The SMILES string of the molecule is Cc1cccc(-c2ccccc2)c1S(=O)(=O)NC(C=O)CC(=O)O. The summed E-state index contributed by atoms with van der Waals surface area (Å²) >= 11 is 0. The monoisotopic (exact) mass is 347 g/mol. The van der Waals surface area contributed by atoms with Gasteiger partial charge in [0, 0.05) is 5.56 Å². The van der Waals surface area contributed by atoms with E-state index in [1.807, 2.05) is 6.07 Å². The van der Waals surface area contributed by atoms with E-state index in [1.54, 1.807) is 49.4 Å². The molecular formula is C17H17NO5S. The van der Waals surface area contributed by atoms with Gasteiger partial charge < -0.3 is 9.90 Å². The molecule has 2 aromatic rings. The van der Waals surface area contributed by atoms with Crippen molar-refractivity contribution in [1.29, 1.82) is 0 Å². The first-order valence-electron chi connectivity index (χ1n) is 7.19. The minimum absolute atomic E-state index is 0.0356. The maximum absolute atomic E-state index is 12.7. The lowest BCUT2D eigenvalue weighted by molar-refractivity contribution is -0.138. The third-order valence-electron chi connectivity index (χ3n) is 3.43. The quantitative estimate of drug-likeness (QED) is 0.746. The molecule has 0 aromatic heterocycles. The fourth-order valence-electron chi connectivity index (χ4n) is 2.42. The van der Waals surface area contributed by atoms with E-state index in [2.05, 4.69) is 4.72 Å².